The molecule has 0 fully saturated rings. The third kappa shape index (κ3) is 7.22. The average Bonchev–Trinajstić information content (AvgIpc) is 2.44. The van der Waals surface area contributed by atoms with E-state index in [-0.39, 0.29) is 24.9 Å². The largest absolute Gasteiger partial charge is 0.383 e. The van der Waals surface area contributed by atoms with E-state index < -0.39 is 0 Å². The van der Waals surface area contributed by atoms with E-state index in [1.165, 1.54) is 0 Å². The molecule has 0 atom stereocenters. The first kappa shape index (κ1) is 17.6. The summed E-state index contributed by atoms with van der Waals surface area (Å²) in [5.41, 5.74) is 1.68. The van der Waals surface area contributed by atoms with Crippen molar-refractivity contribution < 1.29 is 14.3 Å². The standard InChI is InChI=1S/C14H20BrN3O3/c1-10-7-11(15)3-4-12(10)18-14(20)9-17-13(19)8-16-5-6-21-2/h3-4,7,16H,5-6,8-9H2,1-2H3,(H,17,19)(H,18,20). The number of ether oxygens (including phenoxy) is 1. The Morgan fingerprint density at radius 2 is 2.00 bits per heavy atom. The number of rotatable bonds is 8. The van der Waals surface area contributed by atoms with Crippen molar-refractivity contribution in [1.82, 2.24) is 10.6 Å². The van der Waals surface area contributed by atoms with Gasteiger partial charge in [-0.05, 0) is 30.7 Å². The van der Waals surface area contributed by atoms with Gasteiger partial charge in [0.15, 0.2) is 0 Å². The Bertz CT molecular complexity index is 494. The number of aryl methyl sites for hydroxylation is 1. The summed E-state index contributed by atoms with van der Waals surface area (Å²) in [5.74, 6) is -0.487. The molecule has 1 aromatic carbocycles. The van der Waals surface area contributed by atoms with Crippen LogP contribution >= 0.6 is 15.9 Å². The second-order valence-electron chi connectivity index (χ2n) is 4.45. The van der Waals surface area contributed by atoms with Gasteiger partial charge in [-0.15, -0.1) is 0 Å². The molecule has 0 saturated heterocycles. The van der Waals surface area contributed by atoms with E-state index in [4.69, 9.17) is 4.74 Å². The molecule has 0 aliphatic rings. The van der Waals surface area contributed by atoms with Crippen LogP contribution in [0.1, 0.15) is 5.56 Å². The average molecular weight is 358 g/mol. The predicted molar refractivity (Wildman–Crippen MR) is 85.3 cm³/mol. The van der Waals surface area contributed by atoms with E-state index in [1.54, 1.807) is 7.11 Å². The van der Waals surface area contributed by atoms with E-state index in [0.29, 0.717) is 13.2 Å². The lowest BCUT2D eigenvalue weighted by Gasteiger charge is -2.10. The lowest BCUT2D eigenvalue weighted by Crippen LogP contribution is -2.39. The van der Waals surface area contributed by atoms with Gasteiger partial charge in [-0.25, -0.2) is 0 Å². The molecule has 0 aliphatic carbocycles. The highest BCUT2D eigenvalue weighted by molar-refractivity contribution is 9.10. The monoisotopic (exact) mass is 357 g/mol. The summed E-state index contributed by atoms with van der Waals surface area (Å²) >= 11 is 3.36. The molecule has 21 heavy (non-hydrogen) atoms. The number of carbonyl (C=O) groups excluding carboxylic acids is 2. The molecule has 0 radical (unpaired) electrons. The van der Waals surface area contributed by atoms with Gasteiger partial charge in [0.1, 0.15) is 0 Å². The van der Waals surface area contributed by atoms with Gasteiger partial charge in [0.25, 0.3) is 0 Å². The summed E-state index contributed by atoms with van der Waals surface area (Å²) < 4.78 is 5.80. The fourth-order valence-electron chi connectivity index (χ4n) is 1.58. The van der Waals surface area contributed by atoms with Crippen molar-refractivity contribution in [3.05, 3.63) is 28.2 Å². The fourth-order valence-corrected chi connectivity index (χ4v) is 2.05. The molecular formula is C14H20BrN3O3. The first-order valence-corrected chi connectivity index (χ1v) is 7.34. The quantitative estimate of drug-likeness (QED) is 0.607. The third-order valence-electron chi connectivity index (χ3n) is 2.68. The molecule has 0 heterocycles. The number of hydrogen-bond acceptors (Lipinski definition) is 4. The zero-order valence-corrected chi connectivity index (χ0v) is 13.7. The van der Waals surface area contributed by atoms with Crippen LogP contribution in [-0.2, 0) is 14.3 Å². The smallest absolute Gasteiger partial charge is 0.243 e. The summed E-state index contributed by atoms with van der Waals surface area (Å²) in [6.07, 6.45) is 0. The highest BCUT2D eigenvalue weighted by Crippen LogP contribution is 2.19. The van der Waals surface area contributed by atoms with Crippen LogP contribution in [0, 0.1) is 6.92 Å². The number of methoxy groups -OCH3 is 1. The maximum absolute atomic E-state index is 11.8. The van der Waals surface area contributed by atoms with Gasteiger partial charge < -0.3 is 20.7 Å². The first-order valence-electron chi connectivity index (χ1n) is 6.55. The van der Waals surface area contributed by atoms with E-state index >= 15 is 0 Å². The molecule has 116 valence electrons. The van der Waals surface area contributed by atoms with Crippen LogP contribution in [0.4, 0.5) is 5.69 Å². The van der Waals surface area contributed by atoms with Crippen molar-refractivity contribution in [3.8, 4) is 0 Å². The molecule has 1 aromatic rings. The van der Waals surface area contributed by atoms with E-state index in [9.17, 15) is 9.59 Å². The number of nitrogens with one attached hydrogen (secondary N) is 3. The molecular weight excluding hydrogens is 338 g/mol. The summed E-state index contributed by atoms with van der Waals surface area (Å²) in [6, 6.07) is 5.57. The van der Waals surface area contributed by atoms with Crippen molar-refractivity contribution in [3.63, 3.8) is 0 Å². The van der Waals surface area contributed by atoms with Crippen LogP contribution in [0.15, 0.2) is 22.7 Å². The number of halogens is 1. The predicted octanol–water partition coefficient (Wildman–Crippen LogP) is 1.05. The van der Waals surface area contributed by atoms with Crippen molar-refractivity contribution in [1.29, 1.82) is 0 Å². The maximum atomic E-state index is 11.8. The Hall–Kier alpha value is -1.44. The highest BCUT2D eigenvalue weighted by atomic mass is 79.9. The molecule has 0 aromatic heterocycles. The van der Waals surface area contributed by atoms with Crippen LogP contribution in [0.2, 0.25) is 0 Å². The molecule has 0 unspecified atom stereocenters. The maximum Gasteiger partial charge on any atom is 0.243 e. The lowest BCUT2D eigenvalue weighted by atomic mass is 10.2. The molecule has 1 rings (SSSR count). The lowest BCUT2D eigenvalue weighted by molar-refractivity contribution is -0.123. The van der Waals surface area contributed by atoms with Gasteiger partial charge in [0.05, 0.1) is 19.7 Å². The van der Waals surface area contributed by atoms with Crippen LogP contribution in [0.25, 0.3) is 0 Å². The third-order valence-corrected chi connectivity index (χ3v) is 3.17. The first-order chi connectivity index (χ1) is 10.0. The molecule has 6 nitrogen and oxygen atoms in total. The van der Waals surface area contributed by atoms with Crippen LogP contribution in [0.3, 0.4) is 0 Å². The van der Waals surface area contributed by atoms with Gasteiger partial charge in [0, 0.05) is 23.8 Å². The number of anilines is 1. The van der Waals surface area contributed by atoms with Gasteiger partial charge >= 0.3 is 0 Å². The Balaban J connectivity index is 2.29. The van der Waals surface area contributed by atoms with Gasteiger partial charge in [-0.2, -0.15) is 0 Å². The molecule has 0 bridgehead atoms. The van der Waals surface area contributed by atoms with Crippen molar-refractivity contribution in [2.45, 2.75) is 6.92 Å². The van der Waals surface area contributed by atoms with E-state index in [2.05, 4.69) is 31.9 Å². The van der Waals surface area contributed by atoms with E-state index in [0.717, 1.165) is 15.7 Å². The zero-order chi connectivity index (χ0) is 15.7. The summed E-state index contributed by atoms with van der Waals surface area (Å²) in [7, 11) is 1.59. The SMILES string of the molecule is COCCNCC(=O)NCC(=O)Nc1ccc(Br)cc1C. The van der Waals surface area contributed by atoms with Gasteiger partial charge in [0.2, 0.25) is 11.8 Å². The second-order valence-corrected chi connectivity index (χ2v) is 5.37. The zero-order valence-electron chi connectivity index (χ0n) is 12.2. The van der Waals surface area contributed by atoms with Crippen molar-refractivity contribution in [2.24, 2.45) is 0 Å². The highest BCUT2D eigenvalue weighted by Gasteiger charge is 2.07. The molecule has 0 aliphatic heterocycles. The van der Waals surface area contributed by atoms with Crippen LogP contribution in [-0.4, -0.2) is 45.2 Å². The Morgan fingerprint density at radius 3 is 2.67 bits per heavy atom. The molecule has 0 saturated carbocycles. The minimum atomic E-state index is -0.259. The number of carbonyl (C=O) groups is 2. The van der Waals surface area contributed by atoms with Gasteiger partial charge in [-0.1, -0.05) is 15.9 Å². The summed E-state index contributed by atoms with van der Waals surface area (Å²) in [4.78, 5) is 23.2. The Morgan fingerprint density at radius 1 is 1.24 bits per heavy atom. The van der Waals surface area contributed by atoms with Crippen LogP contribution < -0.4 is 16.0 Å². The summed E-state index contributed by atoms with van der Waals surface area (Å²) in [5, 5.41) is 8.20. The minimum Gasteiger partial charge on any atom is -0.383 e. The Labute approximate surface area is 132 Å². The minimum absolute atomic E-state index is 0.0553. The van der Waals surface area contributed by atoms with Crippen molar-refractivity contribution in [2.75, 3.05) is 38.7 Å². The van der Waals surface area contributed by atoms with Crippen LogP contribution in [0.5, 0.6) is 0 Å². The molecule has 7 heteroatoms. The molecule has 0 spiro atoms. The Kier molecular flexibility index (Phi) is 7.96. The number of amides is 2. The summed E-state index contributed by atoms with van der Waals surface area (Å²) in [6.45, 7) is 3.14. The number of benzene rings is 1. The molecule has 2 amide bonds. The van der Waals surface area contributed by atoms with Gasteiger partial charge in [-0.3, -0.25) is 9.59 Å². The van der Waals surface area contributed by atoms with Crippen molar-refractivity contribution >= 4 is 33.4 Å². The normalized spacial score (nSPS) is 10.2. The van der Waals surface area contributed by atoms with E-state index in [1.807, 2.05) is 25.1 Å². The second kappa shape index (κ2) is 9.49. The topological polar surface area (TPSA) is 79.5 Å². The molecule has 3 N–H and O–H groups in total. The fraction of sp³-hybridized carbons (Fsp3) is 0.429. The number of hydrogen-bond donors (Lipinski definition) is 3.